The Labute approximate surface area is 202 Å². The first-order chi connectivity index (χ1) is 15.9. The van der Waals surface area contributed by atoms with Crippen LogP contribution in [0.3, 0.4) is 0 Å². The molecule has 0 radical (unpaired) electrons. The third-order valence-electron chi connectivity index (χ3n) is 4.78. The van der Waals surface area contributed by atoms with Crippen molar-refractivity contribution in [2.75, 3.05) is 4.72 Å². The number of halogens is 6. The molecular formula is C21H11F5IN3O3S. The van der Waals surface area contributed by atoms with Crippen LogP contribution in [0.4, 0.5) is 27.6 Å². The quantitative estimate of drug-likeness (QED) is 0.178. The molecule has 2 N–H and O–H groups in total. The Kier molecular flexibility index (Phi) is 6.10. The number of anilines is 1. The summed E-state index contributed by atoms with van der Waals surface area (Å²) in [4.78, 5) is 19.0. The highest BCUT2D eigenvalue weighted by Crippen LogP contribution is 2.32. The normalized spacial score (nSPS) is 12.2. The highest BCUT2D eigenvalue weighted by Gasteiger charge is 2.32. The first-order valence-corrected chi connectivity index (χ1v) is 11.8. The molecule has 0 unspecified atom stereocenters. The molecule has 2 aromatic heterocycles. The third kappa shape index (κ3) is 4.49. The van der Waals surface area contributed by atoms with E-state index in [1.807, 2.05) is 22.6 Å². The number of pyridine rings is 1. The van der Waals surface area contributed by atoms with Crippen LogP contribution in [0.25, 0.3) is 11.0 Å². The molecule has 0 bridgehead atoms. The SMILES string of the molecule is O=C(c1c(F)ccc(NS(=O)(=O)c2cccc(C(F)(F)F)c2)c1F)c1c[nH]c2ncc(I)cc12. The number of nitrogens with zero attached hydrogens (tertiary/aromatic N) is 1. The fourth-order valence-electron chi connectivity index (χ4n) is 3.18. The van der Waals surface area contributed by atoms with Crippen molar-refractivity contribution in [3.8, 4) is 0 Å². The predicted molar refractivity (Wildman–Crippen MR) is 121 cm³/mol. The van der Waals surface area contributed by atoms with Crippen LogP contribution in [-0.2, 0) is 16.2 Å². The summed E-state index contributed by atoms with van der Waals surface area (Å²) in [7, 11) is -4.71. The molecule has 176 valence electrons. The van der Waals surface area contributed by atoms with Crippen LogP contribution in [0.1, 0.15) is 21.5 Å². The zero-order valence-corrected chi connectivity index (χ0v) is 19.5. The molecular weight excluding hydrogens is 596 g/mol. The van der Waals surface area contributed by atoms with Gasteiger partial charge in [0.25, 0.3) is 10.0 Å². The Morgan fingerprint density at radius 2 is 1.82 bits per heavy atom. The number of aromatic nitrogens is 2. The van der Waals surface area contributed by atoms with Crippen molar-refractivity contribution in [2.45, 2.75) is 11.1 Å². The van der Waals surface area contributed by atoms with E-state index in [9.17, 15) is 30.8 Å². The highest BCUT2D eigenvalue weighted by molar-refractivity contribution is 14.1. The standard InChI is InChI=1S/C21H11F5IN3O3S/c22-15-4-5-16(30-34(32,33)12-3-1-2-10(6-12)21(24,25)26)18(23)17(15)19(31)14-9-29-20-13(14)7-11(27)8-28-20/h1-9,30H,(H,28,29). The van der Waals surface area contributed by atoms with Gasteiger partial charge in [0.1, 0.15) is 11.5 Å². The number of nitrogens with one attached hydrogen (secondary N) is 2. The van der Waals surface area contributed by atoms with Gasteiger partial charge in [-0.25, -0.2) is 22.2 Å². The van der Waals surface area contributed by atoms with Gasteiger partial charge in [-0.1, -0.05) is 6.07 Å². The first kappa shape index (κ1) is 24.1. The van der Waals surface area contributed by atoms with Crippen molar-refractivity contribution in [1.82, 2.24) is 9.97 Å². The van der Waals surface area contributed by atoms with E-state index < -0.39 is 55.3 Å². The Bertz CT molecular complexity index is 1550. The summed E-state index contributed by atoms with van der Waals surface area (Å²) in [6.45, 7) is 0. The highest BCUT2D eigenvalue weighted by atomic mass is 127. The number of aromatic amines is 1. The van der Waals surface area contributed by atoms with Crippen LogP contribution < -0.4 is 4.72 Å². The summed E-state index contributed by atoms with van der Waals surface area (Å²) in [6.07, 6.45) is -2.08. The zero-order valence-electron chi connectivity index (χ0n) is 16.5. The second-order valence-corrected chi connectivity index (χ2v) is 9.92. The van der Waals surface area contributed by atoms with E-state index >= 15 is 4.39 Å². The minimum atomic E-state index is -4.81. The van der Waals surface area contributed by atoms with E-state index in [0.717, 1.165) is 18.2 Å². The Hall–Kier alpha value is -3.07. The lowest BCUT2D eigenvalue weighted by Crippen LogP contribution is -2.17. The topological polar surface area (TPSA) is 91.9 Å². The number of fused-ring (bicyclic) bond motifs is 1. The number of carbonyl (C=O) groups is 1. The van der Waals surface area contributed by atoms with E-state index in [-0.39, 0.29) is 5.56 Å². The second-order valence-electron chi connectivity index (χ2n) is 7.00. The van der Waals surface area contributed by atoms with Crippen LogP contribution in [0.5, 0.6) is 0 Å². The molecule has 0 fully saturated rings. The molecule has 2 heterocycles. The van der Waals surface area contributed by atoms with Crippen molar-refractivity contribution in [2.24, 2.45) is 0 Å². The summed E-state index contributed by atoms with van der Waals surface area (Å²) in [5.74, 6) is -3.85. The Morgan fingerprint density at radius 3 is 2.53 bits per heavy atom. The van der Waals surface area contributed by atoms with Gasteiger partial charge in [-0.15, -0.1) is 0 Å². The van der Waals surface area contributed by atoms with E-state index in [1.54, 1.807) is 10.8 Å². The fraction of sp³-hybridized carbons (Fsp3) is 0.0476. The van der Waals surface area contributed by atoms with Gasteiger partial charge in [0.15, 0.2) is 5.82 Å². The molecule has 0 aliphatic rings. The summed E-state index contributed by atoms with van der Waals surface area (Å²) < 4.78 is 96.1. The van der Waals surface area contributed by atoms with E-state index in [0.29, 0.717) is 32.8 Å². The van der Waals surface area contributed by atoms with Gasteiger partial charge in [-0.3, -0.25) is 9.52 Å². The molecule has 34 heavy (non-hydrogen) atoms. The zero-order chi connectivity index (χ0) is 24.8. The minimum Gasteiger partial charge on any atom is -0.345 e. The molecule has 0 atom stereocenters. The molecule has 13 heteroatoms. The van der Waals surface area contributed by atoms with Crippen molar-refractivity contribution in [3.63, 3.8) is 0 Å². The van der Waals surface area contributed by atoms with Gasteiger partial charge in [-0.2, -0.15) is 13.2 Å². The average Bonchev–Trinajstić information content (AvgIpc) is 3.18. The number of sulfonamides is 1. The summed E-state index contributed by atoms with van der Waals surface area (Å²) in [5.41, 5.74) is -2.88. The lowest BCUT2D eigenvalue weighted by molar-refractivity contribution is -0.137. The van der Waals surface area contributed by atoms with Crippen molar-refractivity contribution >= 4 is 55.1 Å². The van der Waals surface area contributed by atoms with Gasteiger partial charge in [0.05, 0.1) is 21.7 Å². The monoisotopic (exact) mass is 607 g/mol. The van der Waals surface area contributed by atoms with Crippen LogP contribution in [0.2, 0.25) is 0 Å². The maximum Gasteiger partial charge on any atom is 0.416 e. The number of alkyl halides is 3. The summed E-state index contributed by atoms with van der Waals surface area (Å²) in [6, 6.07) is 5.78. The number of hydrogen-bond acceptors (Lipinski definition) is 4. The Balaban J connectivity index is 1.75. The first-order valence-electron chi connectivity index (χ1n) is 9.24. The molecule has 0 aliphatic heterocycles. The van der Waals surface area contributed by atoms with Crippen molar-refractivity contribution in [1.29, 1.82) is 0 Å². The van der Waals surface area contributed by atoms with Gasteiger partial charge in [-0.05, 0) is 59.0 Å². The third-order valence-corrected chi connectivity index (χ3v) is 6.73. The minimum absolute atomic E-state index is 0.100. The molecule has 4 aromatic rings. The van der Waals surface area contributed by atoms with E-state index in [1.165, 1.54) is 12.4 Å². The number of ketones is 1. The van der Waals surface area contributed by atoms with Gasteiger partial charge >= 0.3 is 6.18 Å². The molecule has 0 aliphatic carbocycles. The van der Waals surface area contributed by atoms with Crippen LogP contribution >= 0.6 is 22.6 Å². The average molecular weight is 607 g/mol. The predicted octanol–water partition coefficient (Wildman–Crippen LogP) is 5.50. The number of hydrogen-bond donors (Lipinski definition) is 2. The van der Waals surface area contributed by atoms with Crippen LogP contribution in [0.15, 0.2) is 59.8 Å². The number of carbonyl (C=O) groups excluding carboxylic acids is 1. The van der Waals surface area contributed by atoms with Gasteiger partial charge in [0, 0.05) is 26.9 Å². The smallest absolute Gasteiger partial charge is 0.345 e. The number of benzene rings is 2. The molecule has 0 saturated carbocycles. The number of H-pyrrole nitrogens is 1. The van der Waals surface area contributed by atoms with Gasteiger partial charge < -0.3 is 4.98 Å². The van der Waals surface area contributed by atoms with E-state index in [2.05, 4.69) is 9.97 Å². The maximum atomic E-state index is 15.2. The van der Waals surface area contributed by atoms with Gasteiger partial charge in [0.2, 0.25) is 5.78 Å². The van der Waals surface area contributed by atoms with E-state index in [4.69, 9.17) is 0 Å². The molecule has 2 aromatic carbocycles. The van der Waals surface area contributed by atoms with Crippen LogP contribution in [-0.4, -0.2) is 24.2 Å². The molecule has 4 rings (SSSR count). The molecule has 0 saturated heterocycles. The number of rotatable bonds is 5. The lowest BCUT2D eigenvalue weighted by atomic mass is 10.0. The summed E-state index contributed by atoms with van der Waals surface area (Å²) in [5, 5.41) is 0.297. The Morgan fingerprint density at radius 1 is 1.09 bits per heavy atom. The largest absolute Gasteiger partial charge is 0.416 e. The van der Waals surface area contributed by atoms with Crippen molar-refractivity contribution in [3.05, 3.63) is 86.8 Å². The molecule has 0 spiro atoms. The maximum absolute atomic E-state index is 15.2. The summed E-state index contributed by atoms with van der Waals surface area (Å²) >= 11 is 1.94. The second kappa shape index (κ2) is 8.61. The molecule has 6 nitrogen and oxygen atoms in total. The lowest BCUT2D eigenvalue weighted by Gasteiger charge is -2.13. The van der Waals surface area contributed by atoms with Crippen LogP contribution in [0, 0.1) is 15.2 Å². The fourth-order valence-corrected chi connectivity index (χ4v) is 4.74. The van der Waals surface area contributed by atoms with Crippen molar-refractivity contribution < 1.29 is 35.2 Å². The molecule has 0 amide bonds.